The highest BCUT2D eigenvalue weighted by Gasteiger charge is 2.23. The number of nitrogens with one attached hydrogen (secondary N) is 1. The Hall–Kier alpha value is -2.79. The van der Waals surface area contributed by atoms with Crippen molar-refractivity contribution < 1.29 is 4.74 Å². The number of likely N-dealkylation sites (N-methyl/N-ethyl adjacent to an activating group) is 2. The largest absolute Gasteiger partial charge is 0.456 e. The van der Waals surface area contributed by atoms with Crippen LogP contribution in [0.25, 0.3) is 11.8 Å². The monoisotopic (exact) mass is 403 g/mol. The minimum Gasteiger partial charge on any atom is -0.456 e. The van der Waals surface area contributed by atoms with Crippen LogP contribution in [0.5, 0.6) is 5.75 Å². The van der Waals surface area contributed by atoms with Gasteiger partial charge < -0.3 is 19.9 Å². The summed E-state index contributed by atoms with van der Waals surface area (Å²) in [6, 6.07) is 13.3. The third-order valence-electron chi connectivity index (χ3n) is 6.46. The van der Waals surface area contributed by atoms with Gasteiger partial charge in [-0.15, -0.1) is 0 Å². The van der Waals surface area contributed by atoms with E-state index in [1.165, 1.54) is 16.7 Å². The van der Waals surface area contributed by atoms with Crippen molar-refractivity contribution in [2.75, 3.05) is 62.2 Å². The summed E-state index contributed by atoms with van der Waals surface area (Å²) in [6.45, 7) is 12.9. The number of hydrogen-bond acceptors (Lipinski definition) is 4. The number of piperazine rings is 1. The highest BCUT2D eigenvalue weighted by Crippen LogP contribution is 2.25. The van der Waals surface area contributed by atoms with Crippen LogP contribution in [0.2, 0.25) is 0 Å². The Morgan fingerprint density at radius 2 is 1.80 bits per heavy atom. The second-order valence-corrected chi connectivity index (χ2v) is 8.12. The fraction of sp³-hybridized carbons (Fsp3) is 0.400. The van der Waals surface area contributed by atoms with Gasteiger partial charge in [0, 0.05) is 49.2 Å². The Bertz CT molecular complexity index is 1080. The van der Waals surface area contributed by atoms with Crippen molar-refractivity contribution >= 4 is 23.2 Å². The zero-order valence-corrected chi connectivity index (χ0v) is 18.0. The normalized spacial score (nSPS) is 18.2. The molecule has 5 heteroatoms. The fourth-order valence-electron chi connectivity index (χ4n) is 4.67. The van der Waals surface area contributed by atoms with Gasteiger partial charge in [-0.25, -0.2) is 4.58 Å². The minimum atomic E-state index is 0.917. The van der Waals surface area contributed by atoms with Gasteiger partial charge in [-0.1, -0.05) is 0 Å². The molecule has 0 atom stereocenters. The number of allylic oxidation sites excluding steroid dienone is 1. The van der Waals surface area contributed by atoms with Crippen LogP contribution in [0.3, 0.4) is 0 Å². The molecule has 5 nitrogen and oxygen atoms in total. The molecule has 0 spiro atoms. The number of fused-ring (bicyclic) bond motifs is 2. The van der Waals surface area contributed by atoms with Crippen LogP contribution >= 0.6 is 0 Å². The Labute approximate surface area is 178 Å². The number of anilines is 2. The van der Waals surface area contributed by atoms with E-state index in [0.29, 0.717) is 0 Å². The molecule has 0 aliphatic carbocycles. The van der Waals surface area contributed by atoms with Gasteiger partial charge in [-0.3, -0.25) is 0 Å². The van der Waals surface area contributed by atoms with E-state index >= 15 is 0 Å². The van der Waals surface area contributed by atoms with Crippen LogP contribution in [0.4, 0.5) is 11.4 Å². The Kier molecular flexibility index (Phi) is 5.21. The van der Waals surface area contributed by atoms with Gasteiger partial charge in [0.25, 0.3) is 0 Å². The van der Waals surface area contributed by atoms with Crippen molar-refractivity contribution in [1.29, 1.82) is 0 Å². The third-order valence-corrected chi connectivity index (χ3v) is 6.46. The Balaban J connectivity index is 1.46. The maximum absolute atomic E-state index is 6.39. The molecule has 2 aromatic rings. The lowest BCUT2D eigenvalue weighted by Gasteiger charge is -2.29. The van der Waals surface area contributed by atoms with Crippen molar-refractivity contribution in [3.63, 3.8) is 0 Å². The first-order valence-corrected chi connectivity index (χ1v) is 11.2. The molecule has 1 N–H and O–H groups in total. The summed E-state index contributed by atoms with van der Waals surface area (Å²) < 4.78 is 8.84. The second-order valence-electron chi connectivity index (χ2n) is 8.12. The summed E-state index contributed by atoms with van der Waals surface area (Å²) in [5, 5.41) is 5.85. The van der Waals surface area contributed by atoms with Crippen molar-refractivity contribution in [1.82, 2.24) is 9.89 Å². The number of nitrogens with zero attached hydrogens (tertiary/aromatic N) is 3. The summed E-state index contributed by atoms with van der Waals surface area (Å²) in [7, 11) is 0. The lowest BCUT2D eigenvalue weighted by Crippen LogP contribution is -2.47. The maximum atomic E-state index is 6.39. The predicted octanol–water partition coefficient (Wildman–Crippen LogP) is 1.66. The van der Waals surface area contributed by atoms with E-state index < -0.39 is 0 Å². The first-order valence-electron chi connectivity index (χ1n) is 11.2. The molecule has 0 unspecified atom stereocenters. The predicted molar refractivity (Wildman–Crippen MR) is 125 cm³/mol. The van der Waals surface area contributed by atoms with Gasteiger partial charge in [-0.05, 0) is 56.3 Å². The standard InChI is InChI=1S/C25H31N4O/c1-3-27-15-16-28(4-2)23-18-25-20(17-22(23)27)7-10-24(30-25)19-5-8-21(9-6-19)29-13-11-26-12-14-29/h5-10,17-18,26H,3-4,11-16H2,1-2H3/q+1. The van der Waals surface area contributed by atoms with E-state index in [1.54, 1.807) is 0 Å². The van der Waals surface area contributed by atoms with Crippen LogP contribution in [0.1, 0.15) is 19.4 Å². The average Bonchev–Trinajstić information content (AvgIpc) is 2.82. The van der Waals surface area contributed by atoms with Crippen LogP contribution < -0.4 is 35.0 Å². The van der Waals surface area contributed by atoms with Crippen molar-refractivity contribution in [3.05, 3.63) is 58.6 Å². The zero-order chi connectivity index (χ0) is 20.5. The summed E-state index contributed by atoms with van der Waals surface area (Å²) in [4.78, 5) is 4.90. The van der Waals surface area contributed by atoms with Gasteiger partial charge in [0.1, 0.15) is 23.7 Å². The van der Waals surface area contributed by atoms with Crippen LogP contribution in [0, 0.1) is 0 Å². The molecule has 0 radical (unpaired) electrons. The number of ether oxygens (including phenoxy) is 1. The summed E-state index contributed by atoms with van der Waals surface area (Å²) in [5.74, 6) is 1.87. The molecule has 3 heterocycles. The van der Waals surface area contributed by atoms with E-state index in [0.717, 1.165) is 74.6 Å². The van der Waals surface area contributed by atoms with Gasteiger partial charge >= 0.3 is 0 Å². The molecule has 0 amide bonds. The second kappa shape index (κ2) is 8.15. The van der Waals surface area contributed by atoms with E-state index in [9.17, 15) is 0 Å². The van der Waals surface area contributed by atoms with E-state index in [4.69, 9.17) is 4.74 Å². The molecule has 3 aliphatic rings. The molecular weight excluding hydrogens is 372 g/mol. The molecule has 0 saturated carbocycles. The molecule has 1 saturated heterocycles. The van der Waals surface area contributed by atoms with Crippen molar-refractivity contribution in [2.45, 2.75) is 13.8 Å². The summed E-state index contributed by atoms with van der Waals surface area (Å²) >= 11 is 0. The fourth-order valence-corrected chi connectivity index (χ4v) is 4.67. The number of benzene rings is 2. The number of hydrogen-bond donors (Lipinski definition) is 1. The lowest BCUT2D eigenvalue weighted by molar-refractivity contribution is 0.501. The summed E-state index contributed by atoms with van der Waals surface area (Å²) in [6.07, 6.45) is 4.29. The minimum absolute atomic E-state index is 0.917. The highest BCUT2D eigenvalue weighted by atomic mass is 16.5. The van der Waals surface area contributed by atoms with Crippen molar-refractivity contribution in [3.8, 4) is 5.75 Å². The van der Waals surface area contributed by atoms with E-state index in [2.05, 4.69) is 82.1 Å². The van der Waals surface area contributed by atoms with Gasteiger partial charge in [0.2, 0.25) is 5.36 Å². The Morgan fingerprint density at radius 1 is 1.00 bits per heavy atom. The Morgan fingerprint density at radius 3 is 2.53 bits per heavy atom. The van der Waals surface area contributed by atoms with Crippen LogP contribution in [-0.2, 0) is 0 Å². The molecule has 2 aromatic carbocycles. The van der Waals surface area contributed by atoms with Gasteiger partial charge in [-0.2, -0.15) is 0 Å². The quantitative estimate of drug-likeness (QED) is 0.787. The lowest BCUT2D eigenvalue weighted by atomic mass is 10.1. The topological polar surface area (TPSA) is 30.8 Å². The van der Waals surface area contributed by atoms with Crippen LogP contribution in [0.15, 0.2) is 42.5 Å². The molecule has 30 heavy (non-hydrogen) atoms. The molecular formula is C25H31N4O+. The van der Waals surface area contributed by atoms with Crippen molar-refractivity contribution in [2.24, 2.45) is 0 Å². The average molecular weight is 404 g/mol. The van der Waals surface area contributed by atoms with Crippen LogP contribution in [-0.4, -0.2) is 52.4 Å². The molecule has 0 aromatic heterocycles. The van der Waals surface area contributed by atoms with Gasteiger partial charge in [0.15, 0.2) is 6.54 Å². The number of rotatable bonds is 4. The first-order chi connectivity index (χ1) is 14.8. The molecule has 5 rings (SSSR count). The SMILES string of the molecule is CCN1CC[N+](CC)=c2cc3c(cc21)=CC=C(c1ccc(N2CCNCC2)cc1)O3. The zero-order valence-electron chi connectivity index (χ0n) is 18.0. The molecule has 0 bridgehead atoms. The maximum Gasteiger partial charge on any atom is 0.227 e. The third kappa shape index (κ3) is 3.47. The van der Waals surface area contributed by atoms with E-state index in [-0.39, 0.29) is 0 Å². The molecule has 1 fully saturated rings. The molecule has 3 aliphatic heterocycles. The first kappa shape index (κ1) is 19.2. The van der Waals surface area contributed by atoms with Gasteiger partial charge in [0.05, 0.1) is 12.6 Å². The highest BCUT2D eigenvalue weighted by molar-refractivity contribution is 5.73. The summed E-state index contributed by atoms with van der Waals surface area (Å²) in [5.41, 5.74) is 3.73. The smallest absolute Gasteiger partial charge is 0.227 e. The van der Waals surface area contributed by atoms with E-state index in [1.807, 2.05) is 0 Å². The molecule has 156 valence electrons.